The van der Waals surface area contributed by atoms with Gasteiger partial charge >= 0.3 is 0 Å². The van der Waals surface area contributed by atoms with Gasteiger partial charge in [0.15, 0.2) is 5.78 Å². The number of carbonyl (C=O) groups excluding carboxylic acids is 1. The summed E-state index contributed by atoms with van der Waals surface area (Å²) in [4.78, 5) is 10.6. The lowest BCUT2D eigenvalue weighted by Gasteiger charge is -2.19. The van der Waals surface area contributed by atoms with Crippen molar-refractivity contribution in [2.45, 2.75) is 19.4 Å². The second-order valence-corrected chi connectivity index (χ2v) is 2.08. The van der Waals surface area contributed by atoms with Crippen LogP contribution in [0.5, 0.6) is 0 Å². The van der Waals surface area contributed by atoms with E-state index in [1.54, 1.807) is 0 Å². The SMILES string of the molecule is CC(=O)C1CCOCO1. The number of ether oxygens (including phenoxy) is 2. The first kappa shape index (κ1) is 6.71. The third-order valence-electron chi connectivity index (χ3n) is 1.33. The fourth-order valence-corrected chi connectivity index (χ4v) is 0.783. The summed E-state index contributed by atoms with van der Waals surface area (Å²) in [5.41, 5.74) is 0. The van der Waals surface area contributed by atoms with E-state index in [0.717, 1.165) is 0 Å². The average Bonchev–Trinajstić information content (AvgIpc) is 1.90. The predicted octanol–water partition coefficient (Wildman–Crippen LogP) is 0.338. The summed E-state index contributed by atoms with van der Waals surface area (Å²) in [5, 5.41) is 0. The molecular formula is C6H10O3. The lowest BCUT2D eigenvalue weighted by Crippen LogP contribution is -2.29. The number of rotatable bonds is 1. The molecule has 0 aromatic heterocycles. The first-order chi connectivity index (χ1) is 4.30. The van der Waals surface area contributed by atoms with Gasteiger partial charge in [-0.05, 0) is 6.92 Å². The summed E-state index contributed by atoms with van der Waals surface area (Å²) in [6.07, 6.45) is 0.494. The summed E-state index contributed by atoms with van der Waals surface area (Å²) < 4.78 is 9.84. The van der Waals surface area contributed by atoms with Crippen molar-refractivity contribution in [1.29, 1.82) is 0 Å². The average molecular weight is 130 g/mol. The van der Waals surface area contributed by atoms with Gasteiger partial charge in [0.2, 0.25) is 0 Å². The predicted molar refractivity (Wildman–Crippen MR) is 31.0 cm³/mol. The highest BCUT2D eigenvalue weighted by molar-refractivity contribution is 5.80. The molecule has 0 bridgehead atoms. The van der Waals surface area contributed by atoms with E-state index in [1.165, 1.54) is 6.92 Å². The van der Waals surface area contributed by atoms with Gasteiger partial charge in [-0.2, -0.15) is 0 Å². The highest BCUT2D eigenvalue weighted by Gasteiger charge is 2.17. The lowest BCUT2D eigenvalue weighted by atomic mass is 10.2. The number of hydrogen-bond donors (Lipinski definition) is 0. The third kappa shape index (κ3) is 1.77. The molecule has 1 unspecified atom stereocenters. The van der Waals surface area contributed by atoms with E-state index in [2.05, 4.69) is 0 Å². The van der Waals surface area contributed by atoms with E-state index in [1.807, 2.05) is 0 Å². The molecule has 0 aromatic carbocycles. The van der Waals surface area contributed by atoms with Gasteiger partial charge in [0, 0.05) is 6.42 Å². The van der Waals surface area contributed by atoms with Crippen LogP contribution in [0.15, 0.2) is 0 Å². The Morgan fingerprint density at radius 1 is 1.67 bits per heavy atom. The van der Waals surface area contributed by atoms with Crippen LogP contribution in [-0.2, 0) is 14.3 Å². The zero-order chi connectivity index (χ0) is 6.69. The molecule has 3 heteroatoms. The van der Waals surface area contributed by atoms with Gasteiger partial charge < -0.3 is 9.47 Å². The first-order valence-electron chi connectivity index (χ1n) is 3.00. The highest BCUT2D eigenvalue weighted by Crippen LogP contribution is 2.05. The van der Waals surface area contributed by atoms with Gasteiger partial charge in [-0.1, -0.05) is 0 Å². The molecule has 0 saturated carbocycles. The summed E-state index contributed by atoms with van der Waals surface area (Å²) in [6, 6.07) is 0. The maximum Gasteiger partial charge on any atom is 0.158 e. The van der Waals surface area contributed by atoms with E-state index in [-0.39, 0.29) is 18.7 Å². The minimum Gasteiger partial charge on any atom is -0.355 e. The summed E-state index contributed by atoms with van der Waals surface area (Å²) in [7, 11) is 0. The minimum atomic E-state index is -0.209. The molecule has 0 aliphatic carbocycles. The van der Waals surface area contributed by atoms with Gasteiger partial charge in [0.05, 0.1) is 6.61 Å². The van der Waals surface area contributed by atoms with Crippen molar-refractivity contribution < 1.29 is 14.3 Å². The van der Waals surface area contributed by atoms with Crippen molar-refractivity contribution >= 4 is 5.78 Å². The molecule has 1 rings (SSSR count). The van der Waals surface area contributed by atoms with Crippen molar-refractivity contribution in [3.05, 3.63) is 0 Å². The fourth-order valence-electron chi connectivity index (χ4n) is 0.783. The Balaban J connectivity index is 2.31. The molecule has 9 heavy (non-hydrogen) atoms. The normalized spacial score (nSPS) is 27.9. The van der Waals surface area contributed by atoms with E-state index in [0.29, 0.717) is 13.0 Å². The van der Waals surface area contributed by atoms with E-state index in [9.17, 15) is 4.79 Å². The van der Waals surface area contributed by atoms with Crippen molar-refractivity contribution in [3.8, 4) is 0 Å². The molecule has 0 amide bonds. The fraction of sp³-hybridized carbons (Fsp3) is 0.833. The zero-order valence-electron chi connectivity index (χ0n) is 5.42. The maximum atomic E-state index is 10.6. The van der Waals surface area contributed by atoms with Crippen LogP contribution in [0.25, 0.3) is 0 Å². The Kier molecular flexibility index (Phi) is 2.19. The molecule has 0 N–H and O–H groups in total. The van der Waals surface area contributed by atoms with Gasteiger partial charge in [-0.15, -0.1) is 0 Å². The van der Waals surface area contributed by atoms with Gasteiger partial charge in [-0.25, -0.2) is 0 Å². The summed E-state index contributed by atoms with van der Waals surface area (Å²) in [6.45, 7) is 2.45. The van der Waals surface area contributed by atoms with Crippen LogP contribution < -0.4 is 0 Å². The van der Waals surface area contributed by atoms with E-state index < -0.39 is 0 Å². The highest BCUT2D eigenvalue weighted by atomic mass is 16.7. The third-order valence-corrected chi connectivity index (χ3v) is 1.33. The topological polar surface area (TPSA) is 35.5 Å². The van der Waals surface area contributed by atoms with Crippen molar-refractivity contribution in [1.82, 2.24) is 0 Å². The summed E-state index contributed by atoms with van der Waals surface area (Å²) in [5.74, 6) is 0.0956. The van der Waals surface area contributed by atoms with Crippen molar-refractivity contribution in [2.24, 2.45) is 0 Å². The second-order valence-electron chi connectivity index (χ2n) is 2.08. The van der Waals surface area contributed by atoms with Gasteiger partial charge in [-0.3, -0.25) is 4.79 Å². The number of carbonyl (C=O) groups is 1. The van der Waals surface area contributed by atoms with E-state index in [4.69, 9.17) is 9.47 Å². The largest absolute Gasteiger partial charge is 0.355 e. The quantitative estimate of drug-likeness (QED) is 0.513. The molecule has 1 atom stereocenters. The molecule has 1 aliphatic heterocycles. The smallest absolute Gasteiger partial charge is 0.158 e. The van der Waals surface area contributed by atoms with Crippen LogP contribution in [0.2, 0.25) is 0 Å². The Labute approximate surface area is 53.9 Å². The minimum absolute atomic E-state index is 0.0956. The lowest BCUT2D eigenvalue weighted by molar-refractivity contribution is -0.159. The van der Waals surface area contributed by atoms with Crippen molar-refractivity contribution in [3.63, 3.8) is 0 Å². The number of Topliss-reactive ketones (excluding diaryl/α,β-unsaturated/α-hetero) is 1. The maximum absolute atomic E-state index is 10.6. The van der Waals surface area contributed by atoms with Crippen LogP contribution >= 0.6 is 0 Å². The molecule has 3 nitrogen and oxygen atoms in total. The Morgan fingerprint density at radius 2 is 2.44 bits per heavy atom. The first-order valence-corrected chi connectivity index (χ1v) is 3.00. The molecule has 1 heterocycles. The molecule has 0 aromatic rings. The van der Waals surface area contributed by atoms with Gasteiger partial charge in [0.25, 0.3) is 0 Å². The Hall–Kier alpha value is -0.410. The standard InChI is InChI=1S/C6H10O3/c1-5(7)6-2-3-8-4-9-6/h6H,2-4H2,1H3. The molecule has 1 aliphatic rings. The van der Waals surface area contributed by atoms with E-state index >= 15 is 0 Å². The number of ketones is 1. The molecular weight excluding hydrogens is 120 g/mol. The molecule has 0 spiro atoms. The monoisotopic (exact) mass is 130 g/mol. The van der Waals surface area contributed by atoms with Crippen LogP contribution in [0.4, 0.5) is 0 Å². The Morgan fingerprint density at radius 3 is 2.78 bits per heavy atom. The van der Waals surface area contributed by atoms with Crippen LogP contribution in [0.3, 0.4) is 0 Å². The van der Waals surface area contributed by atoms with Crippen LogP contribution in [-0.4, -0.2) is 25.3 Å². The van der Waals surface area contributed by atoms with Crippen molar-refractivity contribution in [2.75, 3.05) is 13.4 Å². The molecule has 52 valence electrons. The summed E-state index contributed by atoms with van der Waals surface area (Å²) >= 11 is 0. The zero-order valence-corrected chi connectivity index (χ0v) is 5.42. The molecule has 1 fully saturated rings. The molecule has 0 radical (unpaired) electrons. The van der Waals surface area contributed by atoms with Crippen LogP contribution in [0.1, 0.15) is 13.3 Å². The van der Waals surface area contributed by atoms with Gasteiger partial charge in [0.1, 0.15) is 12.9 Å². The number of hydrogen-bond acceptors (Lipinski definition) is 3. The Bertz CT molecular complexity index is 105. The second kappa shape index (κ2) is 2.94. The van der Waals surface area contributed by atoms with Crippen LogP contribution in [0, 0.1) is 0 Å². The molecule has 1 saturated heterocycles.